The lowest BCUT2D eigenvalue weighted by atomic mass is 10.3. The van der Waals surface area contributed by atoms with E-state index >= 15 is 0 Å². The van der Waals surface area contributed by atoms with Crippen LogP contribution < -0.4 is 0 Å². The van der Waals surface area contributed by atoms with Gasteiger partial charge in [0.15, 0.2) is 0 Å². The van der Waals surface area contributed by atoms with E-state index in [0.29, 0.717) is 0 Å². The summed E-state index contributed by atoms with van der Waals surface area (Å²) in [5.74, 6) is -0.805. The number of carbonyl (C=O) groups excluding carboxylic acids is 1. The SMILES string of the molecule is CCOC(=O)C[C@@H](O)C(F)F. The Balaban J connectivity index is 3.57. The number of aliphatic hydroxyl groups excluding tert-OH is 1. The molecular weight excluding hydrogens is 158 g/mol. The Morgan fingerprint density at radius 2 is 2.18 bits per heavy atom. The van der Waals surface area contributed by atoms with Crippen LogP contribution in [0.15, 0.2) is 0 Å². The third-order valence-electron chi connectivity index (χ3n) is 0.972. The number of esters is 1. The predicted molar refractivity (Wildman–Crippen MR) is 33.3 cm³/mol. The van der Waals surface area contributed by atoms with Gasteiger partial charge in [0.05, 0.1) is 13.0 Å². The number of aliphatic hydroxyl groups is 1. The van der Waals surface area contributed by atoms with Crippen LogP contribution in [0.5, 0.6) is 0 Å². The number of halogens is 2. The summed E-state index contributed by atoms with van der Waals surface area (Å²) in [6.07, 6.45) is -5.45. The van der Waals surface area contributed by atoms with E-state index in [0.717, 1.165) is 0 Å². The largest absolute Gasteiger partial charge is 0.466 e. The van der Waals surface area contributed by atoms with Gasteiger partial charge in [-0.05, 0) is 6.92 Å². The summed E-state index contributed by atoms with van der Waals surface area (Å²) in [5, 5.41) is 8.47. The predicted octanol–water partition coefficient (Wildman–Crippen LogP) is 0.566. The van der Waals surface area contributed by atoms with Crippen molar-refractivity contribution in [3.63, 3.8) is 0 Å². The summed E-state index contributed by atoms with van der Waals surface area (Å²) in [6, 6.07) is 0. The van der Waals surface area contributed by atoms with Crippen LogP contribution in [0.1, 0.15) is 13.3 Å². The molecule has 0 aromatic carbocycles. The second-order valence-corrected chi connectivity index (χ2v) is 1.91. The maximum absolute atomic E-state index is 11.6. The minimum Gasteiger partial charge on any atom is -0.466 e. The van der Waals surface area contributed by atoms with E-state index in [1.807, 2.05) is 0 Å². The summed E-state index contributed by atoms with van der Waals surface area (Å²) in [5.41, 5.74) is 0. The quantitative estimate of drug-likeness (QED) is 0.624. The third kappa shape index (κ3) is 4.66. The van der Waals surface area contributed by atoms with Gasteiger partial charge in [0.2, 0.25) is 0 Å². The molecule has 0 aliphatic carbocycles. The number of carbonyl (C=O) groups is 1. The Morgan fingerprint density at radius 3 is 2.55 bits per heavy atom. The van der Waals surface area contributed by atoms with Crippen molar-refractivity contribution in [3.05, 3.63) is 0 Å². The van der Waals surface area contributed by atoms with Crippen LogP contribution in [-0.4, -0.2) is 30.2 Å². The summed E-state index contributed by atoms with van der Waals surface area (Å²) < 4.78 is 27.5. The maximum atomic E-state index is 11.6. The Hall–Kier alpha value is -0.710. The molecule has 0 aromatic heterocycles. The van der Waals surface area contributed by atoms with E-state index < -0.39 is 24.9 Å². The lowest BCUT2D eigenvalue weighted by Gasteiger charge is -2.07. The molecule has 0 aliphatic rings. The van der Waals surface area contributed by atoms with Crippen molar-refractivity contribution in [2.45, 2.75) is 25.9 Å². The van der Waals surface area contributed by atoms with Gasteiger partial charge in [0, 0.05) is 0 Å². The molecule has 0 fully saturated rings. The first-order valence-corrected chi connectivity index (χ1v) is 3.19. The van der Waals surface area contributed by atoms with Crippen molar-refractivity contribution in [1.29, 1.82) is 0 Å². The van der Waals surface area contributed by atoms with Crippen molar-refractivity contribution >= 4 is 5.97 Å². The number of rotatable bonds is 4. The Bertz CT molecular complexity index is 127. The molecule has 0 saturated carbocycles. The van der Waals surface area contributed by atoms with Gasteiger partial charge in [0.1, 0.15) is 6.10 Å². The average Bonchev–Trinajstić information content (AvgIpc) is 1.87. The van der Waals surface area contributed by atoms with Gasteiger partial charge in [-0.15, -0.1) is 0 Å². The molecule has 3 nitrogen and oxygen atoms in total. The van der Waals surface area contributed by atoms with Crippen LogP contribution >= 0.6 is 0 Å². The van der Waals surface area contributed by atoms with Gasteiger partial charge in [-0.25, -0.2) is 8.78 Å². The Morgan fingerprint density at radius 1 is 1.64 bits per heavy atom. The molecule has 66 valence electrons. The highest BCUT2D eigenvalue weighted by molar-refractivity contribution is 5.69. The second kappa shape index (κ2) is 5.01. The first-order valence-electron chi connectivity index (χ1n) is 3.19. The standard InChI is InChI=1S/C6H10F2O3/c1-2-11-5(10)3-4(9)6(7)8/h4,6,9H,2-3H2,1H3/t4-/m1/s1. The fourth-order valence-electron chi connectivity index (χ4n) is 0.480. The molecule has 0 saturated heterocycles. The number of ether oxygens (including phenoxy) is 1. The summed E-state index contributed by atoms with van der Waals surface area (Å²) in [7, 11) is 0. The van der Waals surface area contributed by atoms with Gasteiger partial charge in [-0.1, -0.05) is 0 Å². The molecule has 11 heavy (non-hydrogen) atoms. The summed E-state index contributed by atoms with van der Waals surface area (Å²) >= 11 is 0. The highest BCUT2D eigenvalue weighted by Gasteiger charge is 2.20. The van der Waals surface area contributed by atoms with Gasteiger partial charge in [-0.2, -0.15) is 0 Å². The Kier molecular flexibility index (Phi) is 4.69. The van der Waals surface area contributed by atoms with E-state index in [9.17, 15) is 13.6 Å². The molecule has 0 rings (SSSR count). The minimum absolute atomic E-state index is 0.134. The van der Waals surface area contributed by atoms with Gasteiger partial charge in [0.25, 0.3) is 6.43 Å². The fourth-order valence-corrected chi connectivity index (χ4v) is 0.480. The van der Waals surface area contributed by atoms with Crippen LogP contribution in [0.2, 0.25) is 0 Å². The third-order valence-corrected chi connectivity index (χ3v) is 0.972. The minimum atomic E-state index is -2.89. The number of alkyl halides is 2. The zero-order valence-corrected chi connectivity index (χ0v) is 6.09. The van der Waals surface area contributed by atoms with Crippen LogP contribution in [0.3, 0.4) is 0 Å². The molecule has 5 heteroatoms. The van der Waals surface area contributed by atoms with Crippen molar-refractivity contribution in [3.8, 4) is 0 Å². The molecule has 0 radical (unpaired) electrons. The fraction of sp³-hybridized carbons (Fsp3) is 0.833. The van der Waals surface area contributed by atoms with Crippen molar-refractivity contribution in [2.24, 2.45) is 0 Å². The van der Waals surface area contributed by atoms with Gasteiger partial charge < -0.3 is 9.84 Å². The van der Waals surface area contributed by atoms with Crippen LogP contribution in [-0.2, 0) is 9.53 Å². The smallest absolute Gasteiger partial charge is 0.308 e. The molecule has 1 atom stereocenters. The zero-order valence-electron chi connectivity index (χ0n) is 6.09. The van der Waals surface area contributed by atoms with E-state index in [1.165, 1.54) is 0 Å². The molecule has 0 bridgehead atoms. The van der Waals surface area contributed by atoms with Gasteiger partial charge in [-0.3, -0.25) is 4.79 Å². The van der Waals surface area contributed by atoms with E-state index in [1.54, 1.807) is 6.92 Å². The molecule has 0 aromatic rings. The Labute approximate surface area is 63.0 Å². The summed E-state index contributed by atoms with van der Waals surface area (Å²) in [4.78, 5) is 10.4. The highest BCUT2D eigenvalue weighted by Crippen LogP contribution is 2.05. The topological polar surface area (TPSA) is 46.5 Å². The van der Waals surface area contributed by atoms with Gasteiger partial charge >= 0.3 is 5.97 Å². The monoisotopic (exact) mass is 168 g/mol. The van der Waals surface area contributed by atoms with Crippen molar-refractivity contribution < 1.29 is 23.4 Å². The molecule has 0 heterocycles. The molecule has 0 spiro atoms. The maximum Gasteiger partial charge on any atom is 0.308 e. The highest BCUT2D eigenvalue weighted by atomic mass is 19.3. The normalized spacial score (nSPS) is 13.2. The number of hydrogen-bond acceptors (Lipinski definition) is 3. The molecule has 0 unspecified atom stereocenters. The average molecular weight is 168 g/mol. The first-order chi connectivity index (χ1) is 5.07. The van der Waals surface area contributed by atoms with Crippen LogP contribution in [0.25, 0.3) is 0 Å². The first kappa shape index (κ1) is 10.3. The van der Waals surface area contributed by atoms with E-state index in [4.69, 9.17) is 5.11 Å². The molecule has 1 N–H and O–H groups in total. The second-order valence-electron chi connectivity index (χ2n) is 1.91. The molecule has 0 amide bonds. The van der Waals surface area contributed by atoms with Crippen LogP contribution in [0, 0.1) is 0 Å². The van der Waals surface area contributed by atoms with Crippen molar-refractivity contribution in [2.75, 3.05) is 6.61 Å². The lowest BCUT2D eigenvalue weighted by Crippen LogP contribution is -2.22. The van der Waals surface area contributed by atoms with E-state index in [2.05, 4.69) is 4.74 Å². The zero-order chi connectivity index (χ0) is 8.85. The molecular formula is C6H10F2O3. The summed E-state index contributed by atoms with van der Waals surface area (Å²) in [6.45, 7) is 1.70. The molecule has 0 aliphatic heterocycles. The van der Waals surface area contributed by atoms with Crippen molar-refractivity contribution in [1.82, 2.24) is 0 Å². The lowest BCUT2D eigenvalue weighted by molar-refractivity contribution is -0.147. The number of hydrogen-bond donors (Lipinski definition) is 1. The van der Waals surface area contributed by atoms with E-state index in [-0.39, 0.29) is 6.61 Å². The van der Waals surface area contributed by atoms with Crippen LogP contribution in [0.4, 0.5) is 8.78 Å².